The van der Waals surface area contributed by atoms with Crippen molar-refractivity contribution in [2.24, 2.45) is 0 Å². The van der Waals surface area contributed by atoms with Crippen molar-refractivity contribution in [1.82, 2.24) is 9.36 Å². The molecule has 0 aromatic carbocycles. The van der Waals surface area contributed by atoms with E-state index < -0.39 is 0 Å². The largest absolute Gasteiger partial charge is 0.382 e. The molecular formula is C14H18N4OS. The SMILES string of the molecule is Nc1nsc(NCCC2CCCO2)c1-c1ccncc1. The molecule has 1 unspecified atom stereocenters. The van der Waals surface area contributed by atoms with Crippen LogP contribution in [0.25, 0.3) is 11.1 Å². The van der Waals surface area contributed by atoms with Gasteiger partial charge in [0.25, 0.3) is 0 Å². The van der Waals surface area contributed by atoms with Crippen LogP contribution in [0.1, 0.15) is 19.3 Å². The van der Waals surface area contributed by atoms with E-state index in [-0.39, 0.29) is 0 Å². The fraction of sp³-hybridized carbons (Fsp3) is 0.429. The molecule has 0 aliphatic carbocycles. The van der Waals surface area contributed by atoms with Gasteiger partial charge in [-0.05, 0) is 48.5 Å². The number of nitrogen functional groups attached to an aromatic ring is 1. The van der Waals surface area contributed by atoms with Crippen LogP contribution in [0.5, 0.6) is 0 Å². The Balaban J connectivity index is 1.67. The molecule has 20 heavy (non-hydrogen) atoms. The number of nitrogens with two attached hydrogens (primary N) is 1. The summed E-state index contributed by atoms with van der Waals surface area (Å²) in [6.45, 7) is 1.78. The van der Waals surface area contributed by atoms with Crippen molar-refractivity contribution in [2.45, 2.75) is 25.4 Å². The van der Waals surface area contributed by atoms with Gasteiger partial charge in [0.05, 0.1) is 11.7 Å². The smallest absolute Gasteiger partial charge is 0.147 e. The van der Waals surface area contributed by atoms with E-state index in [4.69, 9.17) is 10.5 Å². The molecule has 0 spiro atoms. The number of hydrogen-bond donors (Lipinski definition) is 2. The van der Waals surface area contributed by atoms with Crippen molar-refractivity contribution in [3.63, 3.8) is 0 Å². The van der Waals surface area contributed by atoms with Gasteiger partial charge in [0.2, 0.25) is 0 Å². The predicted molar refractivity (Wildman–Crippen MR) is 81.8 cm³/mol. The number of pyridine rings is 1. The van der Waals surface area contributed by atoms with Gasteiger partial charge in [-0.1, -0.05) is 0 Å². The number of anilines is 2. The molecule has 3 N–H and O–H groups in total. The summed E-state index contributed by atoms with van der Waals surface area (Å²) in [7, 11) is 0. The summed E-state index contributed by atoms with van der Waals surface area (Å²) < 4.78 is 9.87. The standard InChI is InChI=1S/C14H18N4OS/c15-13-12(10-3-6-16-7-4-10)14(20-18-13)17-8-5-11-2-1-9-19-11/h3-4,6-7,11,17H,1-2,5,8-9H2,(H2,15,18). The maximum atomic E-state index is 5.98. The lowest BCUT2D eigenvalue weighted by Crippen LogP contribution is -2.12. The first kappa shape index (κ1) is 13.3. The first-order valence-corrected chi connectivity index (χ1v) is 7.63. The van der Waals surface area contributed by atoms with Crippen LogP contribution in [-0.4, -0.2) is 28.6 Å². The summed E-state index contributed by atoms with van der Waals surface area (Å²) >= 11 is 1.41. The number of nitrogens with zero attached hydrogens (tertiary/aromatic N) is 2. The number of aromatic nitrogens is 2. The fourth-order valence-corrected chi connectivity index (χ4v) is 3.20. The second-order valence-electron chi connectivity index (χ2n) is 4.86. The van der Waals surface area contributed by atoms with E-state index in [0.717, 1.165) is 35.7 Å². The van der Waals surface area contributed by atoms with Gasteiger partial charge in [-0.25, -0.2) is 0 Å². The Bertz CT molecular complexity index is 552. The molecule has 0 radical (unpaired) electrons. The molecule has 5 nitrogen and oxygen atoms in total. The molecule has 1 fully saturated rings. The number of ether oxygens (including phenoxy) is 1. The van der Waals surface area contributed by atoms with Crippen molar-refractivity contribution in [2.75, 3.05) is 24.2 Å². The molecule has 1 aliphatic rings. The van der Waals surface area contributed by atoms with E-state index in [0.29, 0.717) is 11.9 Å². The first-order valence-electron chi connectivity index (χ1n) is 6.85. The lowest BCUT2D eigenvalue weighted by molar-refractivity contribution is 0.107. The Morgan fingerprint density at radius 1 is 1.40 bits per heavy atom. The van der Waals surface area contributed by atoms with Crippen LogP contribution in [0.4, 0.5) is 10.8 Å². The monoisotopic (exact) mass is 290 g/mol. The van der Waals surface area contributed by atoms with Gasteiger partial charge in [-0.2, -0.15) is 4.37 Å². The molecule has 3 heterocycles. The molecule has 106 valence electrons. The van der Waals surface area contributed by atoms with Crippen LogP contribution < -0.4 is 11.1 Å². The molecule has 1 aliphatic heterocycles. The zero-order valence-electron chi connectivity index (χ0n) is 11.2. The maximum Gasteiger partial charge on any atom is 0.147 e. The average molecular weight is 290 g/mol. The van der Waals surface area contributed by atoms with Crippen molar-refractivity contribution >= 4 is 22.4 Å². The molecule has 0 bridgehead atoms. The molecule has 2 aromatic heterocycles. The van der Waals surface area contributed by atoms with Crippen LogP contribution in [0.2, 0.25) is 0 Å². The van der Waals surface area contributed by atoms with Crippen LogP contribution in [0.15, 0.2) is 24.5 Å². The Hall–Kier alpha value is -1.66. The normalized spacial score (nSPS) is 18.3. The van der Waals surface area contributed by atoms with E-state index in [1.165, 1.54) is 24.4 Å². The Kier molecular flexibility index (Phi) is 4.13. The Labute approximate surface area is 122 Å². The quantitative estimate of drug-likeness (QED) is 0.886. The third kappa shape index (κ3) is 2.91. The van der Waals surface area contributed by atoms with Crippen molar-refractivity contribution in [3.05, 3.63) is 24.5 Å². The Morgan fingerprint density at radius 3 is 3.00 bits per heavy atom. The molecule has 0 amide bonds. The third-order valence-corrected chi connectivity index (χ3v) is 4.28. The van der Waals surface area contributed by atoms with Crippen molar-refractivity contribution in [3.8, 4) is 11.1 Å². The predicted octanol–water partition coefficient (Wildman–Crippen LogP) is 2.77. The summed E-state index contributed by atoms with van der Waals surface area (Å²) in [6.07, 6.45) is 7.31. The number of hydrogen-bond acceptors (Lipinski definition) is 6. The molecular weight excluding hydrogens is 272 g/mol. The van der Waals surface area contributed by atoms with Crippen LogP contribution in [0, 0.1) is 0 Å². The minimum Gasteiger partial charge on any atom is -0.382 e. The number of rotatable bonds is 5. The van der Waals surface area contributed by atoms with Gasteiger partial charge in [0.15, 0.2) is 0 Å². The molecule has 6 heteroatoms. The average Bonchev–Trinajstić information content (AvgIpc) is 3.10. The zero-order chi connectivity index (χ0) is 13.8. The lowest BCUT2D eigenvalue weighted by Gasteiger charge is -2.11. The molecule has 2 aromatic rings. The van der Waals surface area contributed by atoms with Crippen molar-refractivity contribution < 1.29 is 4.74 Å². The minimum absolute atomic E-state index is 0.400. The molecule has 3 rings (SSSR count). The Morgan fingerprint density at radius 2 is 2.25 bits per heavy atom. The molecule has 1 atom stereocenters. The van der Waals surface area contributed by atoms with Crippen molar-refractivity contribution in [1.29, 1.82) is 0 Å². The number of nitrogens with one attached hydrogen (secondary N) is 1. The van der Waals surface area contributed by atoms with E-state index in [2.05, 4.69) is 14.7 Å². The zero-order valence-corrected chi connectivity index (χ0v) is 12.0. The fourth-order valence-electron chi connectivity index (χ4n) is 2.44. The summed E-state index contributed by atoms with van der Waals surface area (Å²) in [4.78, 5) is 4.03. The highest BCUT2D eigenvalue weighted by atomic mass is 32.1. The van der Waals surface area contributed by atoms with Crippen LogP contribution in [0.3, 0.4) is 0 Å². The van der Waals surface area contributed by atoms with Crippen LogP contribution in [-0.2, 0) is 4.74 Å². The third-order valence-electron chi connectivity index (χ3n) is 3.46. The van der Waals surface area contributed by atoms with E-state index in [1.54, 1.807) is 12.4 Å². The van der Waals surface area contributed by atoms with E-state index in [9.17, 15) is 0 Å². The van der Waals surface area contributed by atoms with Gasteiger partial charge >= 0.3 is 0 Å². The van der Waals surface area contributed by atoms with E-state index >= 15 is 0 Å². The van der Waals surface area contributed by atoms with Gasteiger partial charge in [-0.15, -0.1) is 0 Å². The minimum atomic E-state index is 0.400. The highest BCUT2D eigenvalue weighted by molar-refractivity contribution is 7.11. The molecule has 1 saturated heterocycles. The summed E-state index contributed by atoms with van der Waals surface area (Å²) in [5, 5.41) is 4.46. The van der Waals surface area contributed by atoms with Gasteiger partial charge in [0, 0.05) is 25.5 Å². The van der Waals surface area contributed by atoms with Gasteiger partial charge in [-0.3, -0.25) is 4.98 Å². The summed E-state index contributed by atoms with van der Waals surface area (Å²) in [5.74, 6) is 0.570. The lowest BCUT2D eigenvalue weighted by atomic mass is 10.1. The second-order valence-corrected chi connectivity index (χ2v) is 5.63. The summed E-state index contributed by atoms with van der Waals surface area (Å²) in [6, 6.07) is 3.90. The first-order chi connectivity index (χ1) is 9.84. The summed E-state index contributed by atoms with van der Waals surface area (Å²) in [5.41, 5.74) is 8.01. The van der Waals surface area contributed by atoms with Gasteiger partial charge < -0.3 is 15.8 Å². The van der Waals surface area contributed by atoms with E-state index in [1.807, 2.05) is 12.1 Å². The highest BCUT2D eigenvalue weighted by Crippen LogP contribution is 2.36. The second kappa shape index (κ2) is 6.19. The van der Waals surface area contributed by atoms with Crippen LogP contribution >= 0.6 is 11.5 Å². The highest BCUT2D eigenvalue weighted by Gasteiger charge is 2.16. The van der Waals surface area contributed by atoms with Gasteiger partial charge in [0.1, 0.15) is 10.8 Å². The topological polar surface area (TPSA) is 73.1 Å². The maximum absolute atomic E-state index is 5.98. The molecule has 0 saturated carbocycles.